The number of hydrogen-bond donors (Lipinski definition) is 0. The Morgan fingerprint density at radius 1 is 0.352 bits per heavy atom. The molecule has 0 atom stereocenters. The average molecular weight is 705 g/mol. The Labute approximate surface area is 318 Å². The van der Waals surface area contributed by atoms with Gasteiger partial charge in [0, 0.05) is 26.5 Å². The number of aromatic nitrogens is 2. The molecule has 2 heterocycles. The van der Waals surface area contributed by atoms with Gasteiger partial charge < -0.3 is 0 Å². The fourth-order valence-electron chi connectivity index (χ4n) is 8.77. The smallest absolute Gasteiger partial charge is 0.160 e. The minimum atomic E-state index is -0.447. The first-order chi connectivity index (χ1) is 26.8. The predicted molar refractivity (Wildman–Crippen MR) is 223 cm³/mol. The van der Waals surface area contributed by atoms with Gasteiger partial charge in [-0.3, -0.25) is 0 Å². The lowest BCUT2D eigenvalue weighted by Crippen LogP contribution is -2.31. The molecule has 0 N–H and O–H groups in total. The van der Waals surface area contributed by atoms with Crippen LogP contribution >= 0.6 is 11.8 Å². The summed E-state index contributed by atoms with van der Waals surface area (Å²) in [5.41, 5.74) is 14.6. The Kier molecular flexibility index (Phi) is 7.05. The third-order valence-corrected chi connectivity index (χ3v) is 12.3. The lowest BCUT2D eigenvalue weighted by molar-refractivity contribution is 0.722. The first-order valence-corrected chi connectivity index (χ1v) is 19.2. The van der Waals surface area contributed by atoms with Gasteiger partial charge in [-0.05, 0) is 79.5 Å². The van der Waals surface area contributed by atoms with E-state index in [0.29, 0.717) is 5.82 Å². The van der Waals surface area contributed by atoms with Crippen LogP contribution in [0.5, 0.6) is 0 Å². The molecule has 0 amide bonds. The Balaban J connectivity index is 1.12. The van der Waals surface area contributed by atoms with Crippen molar-refractivity contribution in [3.63, 3.8) is 0 Å². The summed E-state index contributed by atoms with van der Waals surface area (Å²) in [7, 11) is 0. The highest BCUT2D eigenvalue weighted by Gasteiger charge is 2.50. The molecular formula is C51H32N2S. The van der Waals surface area contributed by atoms with Gasteiger partial charge in [0.05, 0.1) is 16.8 Å². The summed E-state index contributed by atoms with van der Waals surface area (Å²) in [5, 5.41) is 2.49. The summed E-state index contributed by atoms with van der Waals surface area (Å²) in [6.07, 6.45) is 0. The van der Waals surface area contributed by atoms with E-state index in [2.05, 4.69) is 188 Å². The van der Waals surface area contributed by atoms with E-state index in [-0.39, 0.29) is 0 Å². The zero-order chi connectivity index (χ0) is 35.6. The monoisotopic (exact) mass is 704 g/mol. The van der Waals surface area contributed by atoms with Crippen molar-refractivity contribution >= 4 is 22.5 Å². The largest absolute Gasteiger partial charge is 0.228 e. The normalized spacial score (nSPS) is 13.3. The molecular weight excluding hydrogens is 673 g/mol. The van der Waals surface area contributed by atoms with E-state index in [1.807, 2.05) is 17.8 Å². The quantitative estimate of drug-likeness (QED) is 0.182. The molecule has 1 aromatic heterocycles. The molecule has 0 bridgehead atoms. The fourth-order valence-corrected chi connectivity index (χ4v) is 9.96. The SMILES string of the molecule is c1ccc(-c2nc(-c3ccc(-c4ccc5ccccc5c4)cc3)cc(-c3cccc4c3-c3ccccc3C43c4ccccc4Sc4ccccc43)n2)cc1. The van der Waals surface area contributed by atoms with Crippen LogP contribution < -0.4 is 0 Å². The van der Waals surface area contributed by atoms with Crippen molar-refractivity contribution in [2.45, 2.75) is 15.2 Å². The summed E-state index contributed by atoms with van der Waals surface area (Å²) in [5.74, 6) is 0.713. The maximum atomic E-state index is 5.35. The maximum absolute atomic E-state index is 5.35. The Hall–Kier alpha value is -6.55. The molecule has 1 aliphatic heterocycles. The van der Waals surface area contributed by atoms with Gasteiger partial charge in [-0.15, -0.1) is 0 Å². The zero-order valence-corrected chi connectivity index (χ0v) is 30.1. The van der Waals surface area contributed by atoms with Crippen LogP contribution in [0.3, 0.4) is 0 Å². The van der Waals surface area contributed by atoms with Crippen molar-refractivity contribution in [1.82, 2.24) is 9.97 Å². The molecule has 0 fully saturated rings. The highest BCUT2D eigenvalue weighted by Crippen LogP contribution is 2.63. The van der Waals surface area contributed by atoms with Gasteiger partial charge in [0.1, 0.15) is 0 Å². The lowest BCUT2D eigenvalue weighted by Gasteiger charge is -2.39. The molecule has 54 heavy (non-hydrogen) atoms. The molecule has 9 aromatic rings. The third-order valence-electron chi connectivity index (χ3n) is 11.2. The van der Waals surface area contributed by atoms with E-state index < -0.39 is 5.41 Å². The van der Waals surface area contributed by atoms with Crippen LogP contribution in [0.1, 0.15) is 22.3 Å². The van der Waals surface area contributed by atoms with E-state index in [1.54, 1.807) is 0 Å². The van der Waals surface area contributed by atoms with Crippen LogP contribution in [0.2, 0.25) is 0 Å². The predicted octanol–water partition coefficient (Wildman–Crippen LogP) is 13.1. The zero-order valence-electron chi connectivity index (χ0n) is 29.3. The number of rotatable bonds is 4. The minimum Gasteiger partial charge on any atom is -0.228 e. The molecule has 1 aliphatic carbocycles. The van der Waals surface area contributed by atoms with Crippen LogP contribution in [0.25, 0.3) is 66.9 Å². The van der Waals surface area contributed by atoms with Crippen molar-refractivity contribution in [2.24, 2.45) is 0 Å². The molecule has 3 heteroatoms. The highest BCUT2D eigenvalue weighted by atomic mass is 32.2. The molecule has 1 spiro atoms. The topological polar surface area (TPSA) is 25.8 Å². The summed E-state index contributed by atoms with van der Waals surface area (Å²) < 4.78 is 0. The number of benzene rings is 8. The van der Waals surface area contributed by atoms with Crippen LogP contribution in [-0.2, 0) is 5.41 Å². The number of nitrogens with zero attached hydrogens (tertiary/aromatic N) is 2. The molecule has 11 rings (SSSR count). The molecule has 252 valence electrons. The van der Waals surface area contributed by atoms with E-state index >= 15 is 0 Å². The van der Waals surface area contributed by atoms with Crippen molar-refractivity contribution in [1.29, 1.82) is 0 Å². The van der Waals surface area contributed by atoms with Crippen LogP contribution in [0.4, 0.5) is 0 Å². The maximum Gasteiger partial charge on any atom is 0.160 e. The Bertz CT molecular complexity index is 2870. The summed E-state index contributed by atoms with van der Waals surface area (Å²) >= 11 is 1.87. The Morgan fingerprint density at radius 2 is 0.926 bits per heavy atom. The second kappa shape index (κ2) is 12.3. The molecule has 2 aliphatic rings. The van der Waals surface area contributed by atoms with Crippen LogP contribution in [0.15, 0.2) is 204 Å². The molecule has 0 saturated heterocycles. The highest BCUT2D eigenvalue weighted by molar-refractivity contribution is 7.99. The van der Waals surface area contributed by atoms with Gasteiger partial charge in [-0.2, -0.15) is 0 Å². The first kappa shape index (κ1) is 31.0. The average Bonchev–Trinajstić information content (AvgIpc) is 3.54. The van der Waals surface area contributed by atoms with Crippen molar-refractivity contribution in [3.8, 4) is 56.2 Å². The second-order valence-corrected chi connectivity index (χ2v) is 15.2. The van der Waals surface area contributed by atoms with Crippen molar-refractivity contribution < 1.29 is 0 Å². The first-order valence-electron chi connectivity index (χ1n) is 18.4. The minimum absolute atomic E-state index is 0.447. The molecule has 0 radical (unpaired) electrons. The van der Waals surface area contributed by atoms with Crippen molar-refractivity contribution in [2.75, 3.05) is 0 Å². The molecule has 0 unspecified atom stereocenters. The van der Waals surface area contributed by atoms with Gasteiger partial charge in [-0.25, -0.2) is 9.97 Å². The van der Waals surface area contributed by atoms with E-state index in [0.717, 1.165) is 28.1 Å². The van der Waals surface area contributed by atoms with Crippen molar-refractivity contribution in [3.05, 3.63) is 216 Å². The lowest BCUT2D eigenvalue weighted by atomic mass is 9.67. The molecule has 0 saturated carbocycles. The molecule has 2 nitrogen and oxygen atoms in total. The van der Waals surface area contributed by atoms with Gasteiger partial charge in [0.2, 0.25) is 0 Å². The van der Waals surface area contributed by atoms with E-state index in [1.165, 1.54) is 65.1 Å². The summed E-state index contributed by atoms with van der Waals surface area (Å²) in [4.78, 5) is 13.2. The van der Waals surface area contributed by atoms with E-state index in [9.17, 15) is 0 Å². The molecule has 8 aromatic carbocycles. The van der Waals surface area contributed by atoms with Crippen LogP contribution in [0, 0.1) is 0 Å². The van der Waals surface area contributed by atoms with Gasteiger partial charge in [-0.1, -0.05) is 182 Å². The third kappa shape index (κ3) is 4.68. The second-order valence-electron chi connectivity index (χ2n) is 14.1. The summed E-state index contributed by atoms with van der Waals surface area (Å²) in [6, 6.07) is 70.2. The Morgan fingerprint density at radius 3 is 1.70 bits per heavy atom. The summed E-state index contributed by atoms with van der Waals surface area (Å²) in [6.45, 7) is 0. The van der Waals surface area contributed by atoms with E-state index in [4.69, 9.17) is 9.97 Å². The fraction of sp³-hybridized carbons (Fsp3) is 0.0196. The number of hydrogen-bond acceptors (Lipinski definition) is 3. The van der Waals surface area contributed by atoms with Gasteiger partial charge in [0.15, 0.2) is 5.82 Å². The standard InChI is InChI=1S/C51H32N2S/c1-2-14-36(15-3-1)50-52-45(35-28-25-34(26-29-35)38-30-27-33-13-4-5-16-37(33)31-38)32-46(53-50)40-18-12-22-44-49(40)39-17-6-7-19-41(39)51(44)42-20-8-10-23-47(42)54-48-24-11-9-21-43(48)51/h1-32H. The number of fused-ring (bicyclic) bond motifs is 10. The van der Waals surface area contributed by atoms with Gasteiger partial charge >= 0.3 is 0 Å². The van der Waals surface area contributed by atoms with Gasteiger partial charge in [0.25, 0.3) is 0 Å². The van der Waals surface area contributed by atoms with Crippen LogP contribution in [-0.4, -0.2) is 9.97 Å².